The quantitative estimate of drug-likeness (QED) is 0.510. The standard InChI is InChI=1S/C14H10ClN3O3S/c15-10-6-4-9(5-7-10)13(19)17-14(22)16-11-2-1-3-12(8-11)18(20)21/h1-8H,(H2,16,17,19,22). The molecule has 0 aliphatic rings. The molecule has 0 radical (unpaired) electrons. The van der Waals surface area contributed by atoms with Gasteiger partial charge in [0, 0.05) is 28.4 Å². The molecule has 22 heavy (non-hydrogen) atoms. The van der Waals surface area contributed by atoms with Gasteiger partial charge in [-0.3, -0.25) is 20.2 Å². The number of hydrogen-bond acceptors (Lipinski definition) is 4. The zero-order chi connectivity index (χ0) is 16.1. The molecule has 0 bridgehead atoms. The van der Waals surface area contributed by atoms with Gasteiger partial charge in [-0.15, -0.1) is 0 Å². The Kier molecular flexibility index (Phi) is 5.03. The lowest BCUT2D eigenvalue weighted by Gasteiger charge is -2.09. The number of anilines is 1. The molecule has 0 saturated heterocycles. The monoisotopic (exact) mass is 335 g/mol. The minimum absolute atomic E-state index is 0.0421. The van der Waals surface area contributed by atoms with Crippen LogP contribution in [0.4, 0.5) is 11.4 Å². The van der Waals surface area contributed by atoms with E-state index in [9.17, 15) is 14.9 Å². The molecule has 0 fully saturated rings. The maximum atomic E-state index is 11.9. The van der Waals surface area contributed by atoms with Gasteiger partial charge in [0.25, 0.3) is 11.6 Å². The van der Waals surface area contributed by atoms with Crippen LogP contribution in [0.5, 0.6) is 0 Å². The second-order valence-electron chi connectivity index (χ2n) is 4.22. The van der Waals surface area contributed by atoms with Crippen molar-refractivity contribution in [3.63, 3.8) is 0 Å². The number of halogens is 1. The Bertz CT molecular complexity index is 734. The molecule has 112 valence electrons. The normalized spacial score (nSPS) is 9.86. The number of non-ortho nitro benzene ring substituents is 1. The Morgan fingerprint density at radius 3 is 2.50 bits per heavy atom. The van der Waals surface area contributed by atoms with E-state index in [0.717, 1.165) is 0 Å². The zero-order valence-electron chi connectivity index (χ0n) is 11.1. The third-order valence-corrected chi connectivity index (χ3v) is 3.10. The highest BCUT2D eigenvalue weighted by Gasteiger charge is 2.10. The molecular formula is C14H10ClN3O3S. The lowest BCUT2D eigenvalue weighted by molar-refractivity contribution is -0.384. The summed E-state index contributed by atoms with van der Waals surface area (Å²) in [5.41, 5.74) is 0.736. The van der Waals surface area contributed by atoms with E-state index in [1.54, 1.807) is 30.3 Å². The molecule has 8 heteroatoms. The van der Waals surface area contributed by atoms with Crippen molar-refractivity contribution in [3.05, 3.63) is 69.2 Å². The van der Waals surface area contributed by atoms with Gasteiger partial charge in [-0.25, -0.2) is 0 Å². The summed E-state index contributed by atoms with van der Waals surface area (Å²) in [6, 6.07) is 12.1. The van der Waals surface area contributed by atoms with Gasteiger partial charge in [-0.2, -0.15) is 0 Å². The Morgan fingerprint density at radius 2 is 1.86 bits per heavy atom. The molecule has 0 aromatic heterocycles. The summed E-state index contributed by atoms with van der Waals surface area (Å²) in [6.07, 6.45) is 0. The van der Waals surface area contributed by atoms with Crippen molar-refractivity contribution in [1.82, 2.24) is 5.32 Å². The van der Waals surface area contributed by atoms with Gasteiger partial charge in [-0.1, -0.05) is 17.7 Å². The summed E-state index contributed by atoms with van der Waals surface area (Å²) in [7, 11) is 0. The predicted octanol–water partition coefficient (Wildman–Crippen LogP) is 3.38. The Labute approximate surface area is 136 Å². The lowest BCUT2D eigenvalue weighted by atomic mass is 10.2. The van der Waals surface area contributed by atoms with Crippen molar-refractivity contribution in [2.75, 3.05) is 5.32 Å². The first-order valence-electron chi connectivity index (χ1n) is 6.08. The van der Waals surface area contributed by atoms with E-state index in [2.05, 4.69) is 10.6 Å². The molecule has 2 aromatic carbocycles. The average molecular weight is 336 g/mol. The molecule has 6 nitrogen and oxygen atoms in total. The second-order valence-corrected chi connectivity index (χ2v) is 5.07. The molecule has 0 aliphatic heterocycles. The smallest absolute Gasteiger partial charge is 0.271 e. The van der Waals surface area contributed by atoms with Crippen LogP contribution in [0, 0.1) is 10.1 Å². The predicted molar refractivity (Wildman–Crippen MR) is 88.2 cm³/mol. The van der Waals surface area contributed by atoms with Gasteiger partial charge < -0.3 is 5.32 Å². The SMILES string of the molecule is O=C(NC(=S)Nc1cccc([N+](=O)[O-])c1)c1ccc(Cl)cc1. The number of nitrogens with zero attached hydrogens (tertiary/aromatic N) is 1. The first-order valence-corrected chi connectivity index (χ1v) is 6.86. The van der Waals surface area contributed by atoms with Crippen molar-refractivity contribution in [3.8, 4) is 0 Å². The number of carbonyl (C=O) groups is 1. The number of nitrogens with one attached hydrogen (secondary N) is 2. The molecule has 2 rings (SSSR count). The van der Waals surface area contributed by atoms with Gasteiger partial charge in [0.05, 0.1) is 4.92 Å². The molecule has 0 atom stereocenters. The van der Waals surface area contributed by atoms with Gasteiger partial charge in [-0.05, 0) is 42.5 Å². The summed E-state index contributed by atoms with van der Waals surface area (Å²) in [4.78, 5) is 22.1. The molecule has 0 unspecified atom stereocenters. The fourth-order valence-corrected chi connectivity index (χ4v) is 1.97. The van der Waals surface area contributed by atoms with Crippen molar-refractivity contribution in [1.29, 1.82) is 0 Å². The highest BCUT2D eigenvalue weighted by atomic mass is 35.5. The topological polar surface area (TPSA) is 84.3 Å². The van der Waals surface area contributed by atoms with Gasteiger partial charge in [0.2, 0.25) is 0 Å². The van der Waals surface area contributed by atoms with Crippen molar-refractivity contribution < 1.29 is 9.72 Å². The number of carbonyl (C=O) groups excluding carboxylic acids is 1. The van der Waals surface area contributed by atoms with Crippen LogP contribution in [-0.2, 0) is 0 Å². The number of amides is 1. The van der Waals surface area contributed by atoms with Gasteiger partial charge in [0.1, 0.15) is 0 Å². The molecular weight excluding hydrogens is 326 g/mol. The number of thiocarbonyl (C=S) groups is 1. The number of benzene rings is 2. The molecule has 1 amide bonds. The van der Waals surface area contributed by atoms with Crippen LogP contribution >= 0.6 is 23.8 Å². The van der Waals surface area contributed by atoms with E-state index in [-0.39, 0.29) is 10.8 Å². The van der Waals surface area contributed by atoms with E-state index < -0.39 is 10.8 Å². The number of rotatable bonds is 3. The fraction of sp³-hybridized carbons (Fsp3) is 0. The van der Waals surface area contributed by atoms with Crippen molar-refractivity contribution >= 4 is 46.2 Å². The largest absolute Gasteiger partial charge is 0.332 e. The highest BCUT2D eigenvalue weighted by Crippen LogP contribution is 2.17. The van der Waals surface area contributed by atoms with Crippen LogP contribution in [0.3, 0.4) is 0 Å². The Balaban J connectivity index is 2.01. The van der Waals surface area contributed by atoms with Crippen LogP contribution in [0.1, 0.15) is 10.4 Å². The molecule has 0 saturated carbocycles. The zero-order valence-corrected chi connectivity index (χ0v) is 12.6. The minimum atomic E-state index is -0.513. The van der Waals surface area contributed by atoms with E-state index in [4.69, 9.17) is 23.8 Å². The van der Waals surface area contributed by atoms with E-state index in [1.165, 1.54) is 18.2 Å². The molecule has 0 spiro atoms. The first kappa shape index (κ1) is 15.9. The van der Waals surface area contributed by atoms with Gasteiger partial charge in [0.15, 0.2) is 5.11 Å². The third kappa shape index (κ3) is 4.24. The van der Waals surface area contributed by atoms with Gasteiger partial charge >= 0.3 is 0 Å². The maximum absolute atomic E-state index is 11.9. The van der Waals surface area contributed by atoms with E-state index >= 15 is 0 Å². The minimum Gasteiger partial charge on any atom is -0.332 e. The number of nitro benzene ring substituents is 1. The average Bonchev–Trinajstić information content (AvgIpc) is 2.47. The van der Waals surface area contributed by atoms with Crippen LogP contribution in [0.25, 0.3) is 0 Å². The highest BCUT2D eigenvalue weighted by molar-refractivity contribution is 7.80. The molecule has 2 aromatic rings. The third-order valence-electron chi connectivity index (χ3n) is 2.65. The van der Waals surface area contributed by atoms with E-state index in [0.29, 0.717) is 16.3 Å². The van der Waals surface area contributed by atoms with E-state index in [1.807, 2.05) is 0 Å². The summed E-state index contributed by atoms with van der Waals surface area (Å²) < 4.78 is 0. The summed E-state index contributed by atoms with van der Waals surface area (Å²) in [6.45, 7) is 0. The second kappa shape index (κ2) is 6.97. The summed E-state index contributed by atoms with van der Waals surface area (Å²) in [5.74, 6) is -0.403. The molecule has 0 heterocycles. The van der Waals surface area contributed by atoms with Crippen LogP contribution in [0.15, 0.2) is 48.5 Å². The molecule has 0 aliphatic carbocycles. The van der Waals surface area contributed by atoms with Crippen LogP contribution in [0.2, 0.25) is 5.02 Å². The lowest BCUT2D eigenvalue weighted by Crippen LogP contribution is -2.34. The summed E-state index contributed by atoms with van der Waals surface area (Å²) in [5, 5.41) is 16.5. The number of hydrogen-bond donors (Lipinski definition) is 2. The van der Waals surface area contributed by atoms with Crippen molar-refractivity contribution in [2.45, 2.75) is 0 Å². The first-order chi connectivity index (χ1) is 10.5. The Morgan fingerprint density at radius 1 is 1.18 bits per heavy atom. The maximum Gasteiger partial charge on any atom is 0.271 e. The summed E-state index contributed by atoms with van der Waals surface area (Å²) >= 11 is 10.8. The van der Waals surface area contributed by atoms with Crippen LogP contribution in [-0.4, -0.2) is 15.9 Å². The molecule has 2 N–H and O–H groups in total. The van der Waals surface area contributed by atoms with Crippen LogP contribution < -0.4 is 10.6 Å². The number of nitro groups is 1. The fourth-order valence-electron chi connectivity index (χ4n) is 1.64. The Hall–Kier alpha value is -2.51. The van der Waals surface area contributed by atoms with Crippen molar-refractivity contribution in [2.24, 2.45) is 0 Å².